The fourth-order valence-corrected chi connectivity index (χ4v) is 1.24. The van der Waals surface area contributed by atoms with Crippen molar-refractivity contribution in [3.8, 4) is 0 Å². The van der Waals surface area contributed by atoms with Crippen LogP contribution in [0.2, 0.25) is 0 Å². The van der Waals surface area contributed by atoms with Gasteiger partial charge in [0.1, 0.15) is 0 Å². The first-order valence-electron chi connectivity index (χ1n) is 5.04. The average molecular weight is 193 g/mol. The molecule has 0 radical (unpaired) electrons. The molecule has 0 saturated heterocycles. The predicted molar refractivity (Wildman–Crippen MR) is 62.7 cm³/mol. The minimum absolute atomic E-state index is 0.222. The van der Waals surface area contributed by atoms with Crippen molar-refractivity contribution in [1.82, 2.24) is 0 Å². The van der Waals surface area contributed by atoms with Gasteiger partial charge < -0.3 is 16.4 Å². The van der Waals surface area contributed by atoms with Crippen LogP contribution in [0, 0.1) is 0 Å². The zero-order valence-corrected chi connectivity index (χ0v) is 8.88. The van der Waals surface area contributed by atoms with Crippen LogP contribution in [0.3, 0.4) is 0 Å². The SMILES string of the molecule is CC[C@H](N)CNc1ccccc1NC. The second-order valence-corrected chi connectivity index (χ2v) is 3.34. The van der Waals surface area contributed by atoms with Crippen molar-refractivity contribution in [3.05, 3.63) is 24.3 Å². The van der Waals surface area contributed by atoms with Crippen LogP contribution in [-0.2, 0) is 0 Å². The molecule has 14 heavy (non-hydrogen) atoms. The van der Waals surface area contributed by atoms with Crippen molar-refractivity contribution >= 4 is 11.4 Å². The molecular weight excluding hydrogens is 174 g/mol. The molecule has 3 heteroatoms. The van der Waals surface area contributed by atoms with Gasteiger partial charge in [0.05, 0.1) is 11.4 Å². The average Bonchev–Trinajstić information content (AvgIpc) is 2.26. The molecule has 0 aliphatic rings. The summed E-state index contributed by atoms with van der Waals surface area (Å²) >= 11 is 0. The lowest BCUT2D eigenvalue weighted by Gasteiger charge is -2.14. The number of rotatable bonds is 5. The molecule has 0 bridgehead atoms. The quantitative estimate of drug-likeness (QED) is 0.669. The molecule has 3 nitrogen and oxygen atoms in total. The minimum Gasteiger partial charge on any atom is -0.386 e. The summed E-state index contributed by atoms with van der Waals surface area (Å²) in [5, 5.41) is 6.46. The van der Waals surface area contributed by atoms with Crippen LogP contribution in [0.25, 0.3) is 0 Å². The summed E-state index contributed by atoms with van der Waals surface area (Å²) in [6.07, 6.45) is 0.995. The van der Waals surface area contributed by atoms with Crippen molar-refractivity contribution in [2.45, 2.75) is 19.4 Å². The summed E-state index contributed by atoms with van der Waals surface area (Å²) in [7, 11) is 1.92. The zero-order valence-electron chi connectivity index (χ0n) is 8.88. The largest absolute Gasteiger partial charge is 0.386 e. The Morgan fingerprint density at radius 1 is 1.29 bits per heavy atom. The van der Waals surface area contributed by atoms with Crippen LogP contribution in [0.15, 0.2) is 24.3 Å². The number of benzene rings is 1. The normalized spacial score (nSPS) is 12.2. The van der Waals surface area contributed by atoms with Gasteiger partial charge in [-0.15, -0.1) is 0 Å². The van der Waals surface area contributed by atoms with Gasteiger partial charge in [0.15, 0.2) is 0 Å². The monoisotopic (exact) mass is 193 g/mol. The lowest BCUT2D eigenvalue weighted by molar-refractivity contribution is 0.679. The summed E-state index contributed by atoms with van der Waals surface area (Å²) < 4.78 is 0. The van der Waals surface area contributed by atoms with Gasteiger partial charge >= 0.3 is 0 Å². The molecule has 1 atom stereocenters. The van der Waals surface area contributed by atoms with Crippen LogP contribution in [0.1, 0.15) is 13.3 Å². The summed E-state index contributed by atoms with van der Waals surface area (Å²) in [5.74, 6) is 0. The van der Waals surface area contributed by atoms with Gasteiger partial charge in [0.2, 0.25) is 0 Å². The number of anilines is 2. The number of para-hydroxylation sites is 2. The lowest BCUT2D eigenvalue weighted by Crippen LogP contribution is -2.28. The summed E-state index contributed by atoms with van der Waals surface area (Å²) in [6.45, 7) is 2.91. The Morgan fingerprint density at radius 2 is 1.93 bits per heavy atom. The maximum atomic E-state index is 5.83. The molecule has 0 unspecified atom stereocenters. The summed E-state index contributed by atoms with van der Waals surface area (Å²) in [5.41, 5.74) is 8.05. The van der Waals surface area contributed by atoms with Crippen molar-refractivity contribution in [1.29, 1.82) is 0 Å². The molecule has 1 aromatic rings. The number of hydrogen-bond acceptors (Lipinski definition) is 3. The highest BCUT2D eigenvalue weighted by atomic mass is 15.0. The molecule has 0 heterocycles. The standard InChI is InChI=1S/C11H19N3/c1-3-9(12)8-14-11-7-5-4-6-10(11)13-2/h4-7,9,13-14H,3,8,12H2,1-2H3/t9-/m0/s1. The number of nitrogens with two attached hydrogens (primary N) is 1. The smallest absolute Gasteiger partial charge is 0.0576 e. The third kappa shape index (κ3) is 2.92. The Balaban J connectivity index is 2.57. The molecule has 0 amide bonds. The van der Waals surface area contributed by atoms with E-state index in [1.807, 2.05) is 31.3 Å². The third-order valence-corrected chi connectivity index (χ3v) is 2.28. The van der Waals surface area contributed by atoms with Crippen LogP contribution >= 0.6 is 0 Å². The topological polar surface area (TPSA) is 50.1 Å². The first-order valence-corrected chi connectivity index (χ1v) is 5.04. The van der Waals surface area contributed by atoms with Gasteiger partial charge in [0.25, 0.3) is 0 Å². The molecule has 1 rings (SSSR count). The highest BCUT2D eigenvalue weighted by Gasteiger charge is 2.01. The first kappa shape index (κ1) is 10.9. The highest BCUT2D eigenvalue weighted by Crippen LogP contribution is 2.19. The molecule has 0 aliphatic carbocycles. The predicted octanol–water partition coefficient (Wildman–Crippen LogP) is 1.88. The summed E-state index contributed by atoms with van der Waals surface area (Å²) in [4.78, 5) is 0. The van der Waals surface area contributed by atoms with Crippen LogP contribution in [0.4, 0.5) is 11.4 Å². The maximum absolute atomic E-state index is 5.83. The summed E-state index contributed by atoms with van der Waals surface area (Å²) in [6, 6.07) is 8.34. The van der Waals surface area contributed by atoms with Gasteiger partial charge in [-0.3, -0.25) is 0 Å². The van der Waals surface area contributed by atoms with E-state index in [0.29, 0.717) is 0 Å². The molecular formula is C11H19N3. The van der Waals surface area contributed by atoms with E-state index in [-0.39, 0.29) is 6.04 Å². The molecule has 0 saturated carbocycles. The van der Waals surface area contributed by atoms with E-state index in [2.05, 4.69) is 17.6 Å². The maximum Gasteiger partial charge on any atom is 0.0576 e. The van der Waals surface area contributed by atoms with Gasteiger partial charge in [-0.1, -0.05) is 19.1 Å². The molecule has 0 spiro atoms. The van der Waals surface area contributed by atoms with Crippen LogP contribution in [0.5, 0.6) is 0 Å². The van der Waals surface area contributed by atoms with Gasteiger partial charge in [-0.2, -0.15) is 0 Å². The Labute approximate surface area is 85.7 Å². The highest BCUT2D eigenvalue weighted by molar-refractivity contribution is 5.68. The third-order valence-electron chi connectivity index (χ3n) is 2.28. The lowest BCUT2D eigenvalue weighted by atomic mass is 10.2. The van der Waals surface area contributed by atoms with Crippen molar-refractivity contribution in [2.75, 3.05) is 24.2 Å². The van der Waals surface area contributed by atoms with Crippen LogP contribution < -0.4 is 16.4 Å². The van der Waals surface area contributed by atoms with E-state index in [1.54, 1.807) is 0 Å². The Morgan fingerprint density at radius 3 is 2.50 bits per heavy atom. The van der Waals surface area contributed by atoms with Gasteiger partial charge in [-0.05, 0) is 18.6 Å². The minimum atomic E-state index is 0.222. The van der Waals surface area contributed by atoms with E-state index in [9.17, 15) is 0 Å². The Hall–Kier alpha value is -1.22. The Kier molecular flexibility index (Phi) is 4.26. The first-order chi connectivity index (χ1) is 6.77. The van der Waals surface area contributed by atoms with Gasteiger partial charge in [-0.25, -0.2) is 0 Å². The Bertz CT molecular complexity index is 273. The molecule has 0 fully saturated rings. The second-order valence-electron chi connectivity index (χ2n) is 3.34. The number of hydrogen-bond donors (Lipinski definition) is 3. The van der Waals surface area contributed by atoms with Crippen LogP contribution in [-0.4, -0.2) is 19.6 Å². The fraction of sp³-hybridized carbons (Fsp3) is 0.455. The molecule has 1 aromatic carbocycles. The molecule has 4 N–H and O–H groups in total. The van der Waals surface area contributed by atoms with E-state index < -0.39 is 0 Å². The zero-order chi connectivity index (χ0) is 10.4. The fourth-order valence-electron chi connectivity index (χ4n) is 1.24. The van der Waals surface area contributed by atoms with Crippen molar-refractivity contribution < 1.29 is 0 Å². The van der Waals surface area contributed by atoms with E-state index in [0.717, 1.165) is 24.3 Å². The van der Waals surface area contributed by atoms with Gasteiger partial charge in [0, 0.05) is 19.6 Å². The second kappa shape index (κ2) is 5.50. The number of nitrogens with one attached hydrogen (secondary N) is 2. The van der Waals surface area contributed by atoms with E-state index in [4.69, 9.17) is 5.73 Å². The van der Waals surface area contributed by atoms with E-state index in [1.165, 1.54) is 0 Å². The van der Waals surface area contributed by atoms with E-state index >= 15 is 0 Å². The van der Waals surface area contributed by atoms with Crippen molar-refractivity contribution in [2.24, 2.45) is 5.73 Å². The molecule has 0 aromatic heterocycles. The molecule has 78 valence electrons. The van der Waals surface area contributed by atoms with Crippen molar-refractivity contribution in [3.63, 3.8) is 0 Å². The molecule has 0 aliphatic heterocycles.